The van der Waals surface area contributed by atoms with Gasteiger partial charge in [-0.3, -0.25) is 4.79 Å². The van der Waals surface area contributed by atoms with Gasteiger partial charge in [-0.2, -0.15) is 0 Å². The van der Waals surface area contributed by atoms with Gasteiger partial charge in [0.15, 0.2) is 0 Å². The number of aliphatic hydroxyl groups is 1. The molecule has 0 heterocycles. The molecular weight excluding hydrogens is 190 g/mol. The van der Waals surface area contributed by atoms with Crippen LogP contribution in [0.3, 0.4) is 0 Å². The molecule has 2 N–H and O–H groups in total. The molecule has 2 saturated carbocycles. The van der Waals surface area contributed by atoms with E-state index in [0.717, 1.165) is 18.8 Å². The van der Waals surface area contributed by atoms with E-state index in [1.165, 1.54) is 19.3 Å². The summed E-state index contributed by atoms with van der Waals surface area (Å²) >= 11 is 0. The van der Waals surface area contributed by atoms with Crippen molar-refractivity contribution in [3.05, 3.63) is 0 Å². The van der Waals surface area contributed by atoms with Crippen LogP contribution in [0.2, 0.25) is 0 Å². The molecule has 0 saturated heterocycles. The fraction of sp³-hybridized carbons (Fsp3) is 0.917. The number of hydrogen-bond donors (Lipinski definition) is 2. The van der Waals surface area contributed by atoms with Gasteiger partial charge in [-0.25, -0.2) is 0 Å². The van der Waals surface area contributed by atoms with Crippen molar-refractivity contribution >= 4 is 5.91 Å². The van der Waals surface area contributed by atoms with Gasteiger partial charge in [0, 0.05) is 5.92 Å². The molecule has 0 aromatic heterocycles. The Kier molecular flexibility index (Phi) is 3.29. The van der Waals surface area contributed by atoms with Crippen LogP contribution in [-0.2, 0) is 4.79 Å². The molecule has 86 valence electrons. The maximum absolute atomic E-state index is 11.9. The number of aliphatic hydroxyl groups excluding tert-OH is 1. The van der Waals surface area contributed by atoms with Gasteiger partial charge in [-0.05, 0) is 37.5 Å². The zero-order valence-electron chi connectivity index (χ0n) is 9.41. The number of hydrogen-bond acceptors (Lipinski definition) is 2. The molecule has 0 radical (unpaired) electrons. The quantitative estimate of drug-likeness (QED) is 0.736. The first-order chi connectivity index (χ1) is 7.24. The highest BCUT2D eigenvalue weighted by Crippen LogP contribution is 2.48. The summed E-state index contributed by atoms with van der Waals surface area (Å²) in [6, 6.07) is -0.0448. The smallest absolute Gasteiger partial charge is 0.223 e. The summed E-state index contributed by atoms with van der Waals surface area (Å²) < 4.78 is 0. The summed E-state index contributed by atoms with van der Waals surface area (Å²) in [6.45, 7) is 2.05. The van der Waals surface area contributed by atoms with Crippen molar-refractivity contribution in [3.8, 4) is 0 Å². The van der Waals surface area contributed by atoms with E-state index in [1.807, 2.05) is 6.92 Å². The lowest BCUT2D eigenvalue weighted by Gasteiger charge is -2.23. The van der Waals surface area contributed by atoms with Crippen molar-refractivity contribution in [2.24, 2.45) is 17.8 Å². The van der Waals surface area contributed by atoms with Crippen LogP contribution in [0.15, 0.2) is 0 Å². The summed E-state index contributed by atoms with van der Waals surface area (Å²) in [5, 5.41) is 12.0. The lowest BCUT2D eigenvalue weighted by molar-refractivity contribution is -0.127. The average molecular weight is 211 g/mol. The second-order valence-corrected chi connectivity index (χ2v) is 5.08. The lowest BCUT2D eigenvalue weighted by Crippen LogP contribution is -2.42. The Morgan fingerprint density at radius 2 is 2.27 bits per heavy atom. The Bertz CT molecular complexity index is 238. The predicted molar refractivity (Wildman–Crippen MR) is 58.2 cm³/mol. The molecule has 3 heteroatoms. The molecule has 0 aliphatic heterocycles. The number of carbonyl (C=O) groups excluding carboxylic acids is 1. The second-order valence-electron chi connectivity index (χ2n) is 5.08. The zero-order valence-corrected chi connectivity index (χ0v) is 9.41. The Morgan fingerprint density at radius 1 is 1.47 bits per heavy atom. The largest absolute Gasteiger partial charge is 0.394 e. The van der Waals surface area contributed by atoms with Gasteiger partial charge in [0.25, 0.3) is 0 Å². The van der Waals surface area contributed by atoms with Gasteiger partial charge in [-0.15, -0.1) is 0 Å². The number of carbonyl (C=O) groups is 1. The standard InChI is InChI=1S/C12H21NO2/c1-2-10(7-14)13-12(15)11-6-8-3-4-9(11)5-8/h8-11,14H,2-7H2,1H3,(H,13,15). The van der Waals surface area contributed by atoms with E-state index in [2.05, 4.69) is 5.32 Å². The van der Waals surface area contributed by atoms with Crippen molar-refractivity contribution in [2.75, 3.05) is 6.61 Å². The van der Waals surface area contributed by atoms with E-state index in [9.17, 15) is 4.79 Å². The topological polar surface area (TPSA) is 49.3 Å². The molecule has 0 spiro atoms. The van der Waals surface area contributed by atoms with Crippen LogP contribution in [0.4, 0.5) is 0 Å². The predicted octanol–water partition coefficient (Wildman–Crippen LogP) is 1.31. The van der Waals surface area contributed by atoms with Crippen molar-refractivity contribution in [1.29, 1.82) is 0 Å². The summed E-state index contributed by atoms with van der Waals surface area (Å²) in [4.78, 5) is 11.9. The molecule has 1 amide bonds. The third kappa shape index (κ3) is 2.17. The minimum atomic E-state index is -0.0448. The van der Waals surface area contributed by atoms with Gasteiger partial charge in [0.1, 0.15) is 0 Å². The molecular formula is C12H21NO2. The van der Waals surface area contributed by atoms with Crippen molar-refractivity contribution in [1.82, 2.24) is 5.32 Å². The number of amides is 1. The molecule has 2 aliphatic carbocycles. The first kappa shape index (κ1) is 10.9. The maximum atomic E-state index is 11.9. The SMILES string of the molecule is CCC(CO)NC(=O)C1CC2CCC1C2. The van der Waals surface area contributed by atoms with Gasteiger partial charge in [0.05, 0.1) is 12.6 Å². The molecule has 2 rings (SSSR count). The molecule has 0 aromatic rings. The minimum absolute atomic E-state index is 0.0448. The number of rotatable bonds is 4. The summed E-state index contributed by atoms with van der Waals surface area (Å²) in [7, 11) is 0. The Hall–Kier alpha value is -0.570. The first-order valence-electron chi connectivity index (χ1n) is 6.15. The minimum Gasteiger partial charge on any atom is -0.394 e. The molecule has 0 aromatic carbocycles. The fourth-order valence-electron chi connectivity index (χ4n) is 3.15. The van der Waals surface area contributed by atoms with Gasteiger partial charge < -0.3 is 10.4 Å². The van der Waals surface area contributed by atoms with Crippen molar-refractivity contribution in [2.45, 2.75) is 45.1 Å². The van der Waals surface area contributed by atoms with E-state index in [0.29, 0.717) is 5.92 Å². The second kappa shape index (κ2) is 4.52. The van der Waals surface area contributed by atoms with Crippen LogP contribution in [0.25, 0.3) is 0 Å². The van der Waals surface area contributed by atoms with Gasteiger partial charge in [-0.1, -0.05) is 13.3 Å². The molecule has 2 aliphatic rings. The normalized spacial score (nSPS) is 35.5. The molecule has 2 bridgehead atoms. The van der Waals surface area contributed by atoms with Crippen LogP contribution in [0.5, 0.6) is 0 Å². The van der Waals surface area contributed by atoms with E-state index in [-0.39, 0.29) is 24.5 Å². The molecule has 3 nitrogen and oxygen atoms in total. The van der Waals surface area contributed by atoms with Crippen molar-refractivity contribution in [3.63, 3.8) is 0 Å². The monoisotopic (exact) mass is 211 g/mol. The van der Waals surface area contributed by atoms with Crippen molar-refractivity contribution < 1.29 is 9.90 Å². The molecule has 4 unspecified atom stereocenters. The highest BCUT2D eigenvalue weighted by atomic mass is 16.3. The number of nitrogens with one attached hydrogen (secondary N) is 1. The van der Waals surface area contributed by atoms with E-state index in [4.69, 9.17) is 5.11 Å². The Balaban J connectivity index is 1.86. The Labute approximate surface area is 91.2 Å². The average Bonchev–Trinajstić information content (AvgIpc) is 2.87. The van der Waals surface area contributed by atoms with Crippen LogP contribution >= 0.6 is 0 Å². The lowest BCUT2D eigenvalue weighted by atomic mass is 9.88. The summed E-state index contributed by atoms with van der Waals surface area (Å²) in [6.07, 6.45) is 5.71. The van der Waals surface area contributed by atoms with E-state index < -0.39 is 0 Å². The van der Waals surface area contributed by atoms with E-state index in [1.54, 1.807) is 0 Å². The van der Waals surface area contributed by atoms with Gasteiger partial charge in [0.2, 0.25) is 5.91 Å². The molecule has 15 heavy (non-hydrogen) atoms. The van der Waals surface area contributed by atoms with E-state index >= 15 is 0 Å². The highest BCUT2D eigenvalue weighted by molar-refractivity contribution is 5.79. The third-order valence-electron chi connectivity index (χ3n) is 4.13. The number of fused-ring (bicyclic) bond motifs is 2. The van der Waals surface area contributed by atoms with Crippen LogP contribution in [0, 0.1) is 17.8 Å². The molecule has 2 fully saturated rings. The maximum Gasteiger partial charge on any atom is 0.223 e. The first-order valence-corrected chi connectivity index (χ1v) is 6.15. The van der Waals surface area contributed by atoms with Gasteiger partial charge >= 0.3 is 0 Å². The van der Waals surface area contributed by atoms with Crippen LogP contribution in [0.1, 0.15) is 39.0 Å². The zero-order chi connectivity index (χ0) is 10.8. The highest BCUT2D eigenvalue weighted by Gasteiger charge is 2.43. The third-order valence-corrected chi connectivity index (χ3v) is 4.13. The summed E-state index contributed by atoms with van der Waals surface area (Å²) in [5.41, 5.74) is 0. The van der Waals surface area contributed by atoms with Crippen LogP contribution < -0.4 is 5.32 Å². The Morgan fingerprint density at radius 3 is 2.73 bits per heavy atom. The van der Waals surface area contributed by atoms with Crippen LogP contribution in [-0.4, -0.2) is 23.7 Å². The fourth-order valence-corrected chi connectivity index (χ4v) is 3.15. The molecule has 4 atom stereocenters. The summed E-state index contributed by atoms with van der Waals surface area (Å²) in [5.74, 6) is 1.86.